The van der Waals surface area contributed by atoms with Crippen LogP contribution in [0.4, 0.5) is 5.69 Å². The zero-order valence-corrected chi connectivity index (χ0v) is 12.2. The molecule has 94 valence electrons. The van der Waals surface area contributed by atoms with Gasteiger partial charge in [0.15, 0.2) is 0 Å². The lowest BCUT2D eigenvalue weighted by atomic mass is 10.0. The van der Waals surface area contributed by atoms with Gasteiger partial charge in [-0.1, -0.05) is 71.8 Å². The number of nitrogen functional groups attached to an aromatic ring is 1. The lowest BCUT2D eigenvalue weighted by Crippen LogP contribution is -2.13. The number of nitrogens with two attached hydrogens (primary N) is 1. The zero-order chi connectivity index (χ0) is 13.2. The Morgan fingerprint density at radius 3 is 2.00 bits per heavy atom. The van der Waals surface area contributed by atoms with Gasteiger partial charge in [-0.3, -0.25) is 0 Å². The Labute approximate surface area is 111 Å². The highest BCUT2D eigenvalue weighted by atomic mass is 31.1. The van der Waals surface area contributed by atoms with Gasteiger partial charge in [-0.05, 0) is 22.1 Å². The molecule has 0 amide bonds. The molecule has 2 aromatic carbocycles. The van der Waals surface area contributed by atoms with Gasteiger partial charge in [0, 0.05) is 11.3 Å². The smallest absolute Gasteiger partial charge is 0.0393 e. The number of anilines is 1. The average molecular weight is 257 g/mol. The molecule has 2 heteroatoms. The van der Waals surface area contributed by atoms with E-state index < -0.39 is 0 Å². The highest BCUT2D eigenvalue weighted by Crippen LogP contribution is 2.35. The number of hydrogen-bond acceptors (Lipinski definition) is 1. The summed E-state index contributed by atoms with van der Waals surface area (Å²) in [5, 5.41) is 1.70. The lowest BCUT2D eigenvalue weighted by Gasteiger charge is -2.21. The Hall–Kier alpha value is -1.33. The second-order valence-electron chi connectivity index (χ2n) is 5.51. The average Bonchev–Trinajstić information content (AvgIpc) is 2.29. The first kappa shape index (κ1) is 13.1. The van der Waals surface area contributed by atoms with E-state index in [0.717, 1.165) is 19.8 Å². The first-order valence-corrected chi connectivity index (χ1v) is 7.19. The van der Waals surface area contributed by atoms with Crippen molar-refractivity contribution in [1.82, 2.24) is 0 Å². The van der Waals surface area contributed by atoms with Gasteiger partial charge in [-0.15, -0.1) is 0 Å². The summed E-state index contributed by atoms with van der Waals surface area (Å²) in [6, 6.07) is 16.7. The van der Waals surface area contributed by atoms with Crippen LogP contribution >= 0.6 is 8.58 Å². The van der Waals surface area contributed by atoms with Crippen molar-refractivity contribution in [3.8, 4) is 11.1 Å². The van der Waals surface area contributed by atoms with Crippen LogP contribution in [-0.2, 0) is 0 Å². The minimum Gasteiger partial charge on any atom is -0.398 e. The van der Waals surface area contributed by atoms with E-state index in [0.29, 0.717) is 5.16 Å². The van der Waals surface area contributed by atoms with Gasteiger partial charge in [-0.25, -0.2) is 0 Å². The van der Waals surface area contributed by atoms with Crippen molar-refractivity contribution in [3.63, 3.8) is 0 Å². The minimum atomic E-state index is 0.305. The number of rotatable bonds is 2. The van der Waals surface area contributed by atoms with Crippen LogP contribution in [0.1, 0.15) is 20.8 Å². The summed E-state index contributed by atoms with van der Waals surface area (Å²) in [6.07, 6.45) is 0. The Kier molecular flexibility index (Phi) is 3.73. The van der Waals surface area contributed by atoms with Crippen LogP contribution in [0.2, 0.25) is 0 Å². The van der Waals surface area contributed by atoms with E-state index in [-0.39, 0.29) is 0 Å². The largest absolute Gasteiger partial charge is 0.398 e. The molecule has 0 fully saturated rings. The molecule has 18 heavy (non-hydrogen) atoms. The molecule has 0 saturated heterocycles. The van der Waals surface area contributed by atoms with Gasteiger partial charge in [0.2, 0.25) is 0 Å². The normalized spacial score (nSPS) is 12.2. The number of hydrogen-bond donors (Lipinski definition) is 1. The van der Waals surface area contributed by atoms with Crippen molar-refractivity contribution < 1.29 is 0 Å². The van der Waals surface area contributed by atoms with Crippen molar-refractivity contribution in [2.45, 2.75) is 25.9 Å². The molecule has 2 N–H and O–H groups in total. The third kappa shape index (κ3) is 3.11. The Balaban J connectivity index is 2.49. The summed E-state index contributed by atoms with van der Waals surface area (Å²) in [7, 11) is 0.779. The first-order valence-electron chi connectivity index (χ1n) is 6.19. The molecule has 0 saturated carbocycles. The fourth-order valence-electron chi connectivity index (χ4n) is 1.97. The van der Waals surface area contributed by atoms with Gasteiger partial charge in [-0.2, -0.15) is 0 Å². The highest BCUT2D eigenvalue weighted by Gasteiger charge is 2.15. The van der Waals surface area contributed by atoms with Crippen LogP contribution in [0.15, 0.2) is 48.5 Å². The zero-order valence-electron chi connectivity index (χ0n) is 11.2. The molecular formula is C16H20NP. The van der Waals surface area contributed by atoms with Crippen molar-refractivity contribution >= 4 is 19.6 Å². The third-order valence-corrected chi connectivity index (χ3v) is 4.14. The molecule has 0 heterocycles. The molecule has 0 bridgehead atoms. The lowest BCUT2D eigenvalue weighted by molar-refractivity contribution is 0.799. The van der Waals surface area contributed by atoms with E-state index in [4.69, 9.17) is 5.73 Å². The van der Waals surface area contributed by atoms with E-state index in [1.54, 1.807) is 0 Å². The fourth-order valence-corrected chi connectivity index (χ4v) is 3.31. The molecule has 0 aliphatic carbocycles. The molecule has 1 atom stereocenters. The van der Waals surface area contributed by atoms with Gasteiger partial charge < -0.3 is 5.73 Å². The number of para-hydroxylation sites is 1. The molecule has 0 spiro atoms. The maximum atomic E-state index is 6.09. The summed E-state index contributed by atoms with van der Waals surface area (Å²) in [5.41, 5.74) is 9.35. The van der Waals surface area contributed by atoms with Gasteiger partial charge >= 0.3 is 0 Å². The predicted molar refractivity (Wildman–Crippen MR) is 84.0 cm³/mol. The first-order chi connectivity index (χ1) is 8.47. The van der Waals surface area contributed by atoms with Crippen molar-refractivity contribution in [1.29, 1.82) is 0 Å². The van der Waals surface area contributed by atoms with Gasteiger partial charge in [0.25, 0.3) is 0 Å². The Morgan fingerprint density at radius 2 is 1.39 bits per heavy atom. The molecule has 2 aromatic rings. The monoisotopic (exact) mass is 257 g/mol. The van der Waals surface area contributed by atoms with E-state index in [1.807, 2.05) is 18.2 Å². The van der Waals surface area contributed by atoms with E-state index >= 15 is 0 Å². The summed E-state index contributed by atoms with van der Waals surface area (Å²) in [4.78, 5) is 0. The maximum Gasteiger partial charge on any atom is 0.0393 e. The maximum absolute atomic E-state index is 6.09. The van der Waals surface area contributed by atoms with E-state index in [9.17, 15) is 0 Å². The molecule has 0 aliphatic rings. The summed E-state index contributed by atoms with van der Waals surface area (Å²) >= 11 is 0. The topological polar surface area (TPSA) is 26.0 Å². The summed E-state index contributed by atoms with van der Waals surface area (Å²) in [5.74, 6) is 0. The molecule has 1 unspecified atom stereocenters. The molecule has 2 rings (SSSR count). The third-order valence-electron chi connectivity index (χ3n) is 2.69. The Bertz CT molecular complexity index is 541. The molecule has 0 aromatic heterocycles. The molecule has 0 radical (unpaired) electrons. The molecule has 1 nitrogen and oxygen atoms in total. The fraction of sp³-hybridized carbons (Fsp3) is 0.250. The van der Waals surface area contributed by atoms with E-state index in [1.165, 1.54) is 10.9 Å². The van der Waals surface area contributed by atoms with Crippen molar-refractivity contribution in [2.75, 3.05) is 5.73 Å². The summed E-state index contributed by atoms with van der Waals surface area (Å²) < 4.78 is 0. The van der Waals surface area contributed by atoms with Crippen LogP contribution in [-0.4, -0.2) is 5.16 Å². The van der Waals surface area contributed by atoms with Gasteiger partial charge in [0.05, 0.1) is 0 Å². The predicted octanol–water partition coefficient (Wildman–Crippen LogP) is 4.04. The van der Waals surface area contributed by atoms with Crippen molar-refractivity contribution in [2.24, 2.45) is 0 Å². The van der Waals surface area contributed by atoms with Crippen LogP contribution in [0.3, 0.4) is 0 Å². The quantitative estimate of drug-likeness (QED) is 0.637. The standard InChI is InChI=1S/C16H20NP/c1-16(2,3)18-15-11-7-5-9-13(15)12-8-4-6-10-14(12)17/h4-11,18H,17H2,1-3H3. The number of benzene rings is 2. The minimum absolute atomic E-state index is 0.305. The molecule has 0 aliphatic heterocycles. The van der Waals surface area contributed by atoms with E-state index in [2.05, 4.69) is 51.1 Å². The van der Waals surface area contributed by atoms with Crippen molar-refractivity contribution in [3.05, 3.63) is 48.5 Å². The van der Waals surface area contributed by atoms with Gasteiger partial charge in [0.1, 0.15) is 0 Å². The summed E-state index contributed by atoms with van der Waals surface area (Å²) in [6.45, 7) is 6.82. The SMILES string of the molecule is CC(C)(C)Pc1ccccc1-c1ccccc1N. The van der Waals surface area contributed by atoms with Crippen LogP contribution in [0, 0.1) is 0 Å². The van der Waals surface area contributed by atoms with Crippen LogP contribution in [0.25, 0.3) is 11.1 Å². The van der Waals surface area contributed by atoms with Crippen LogP contribution in [0.5, 0.6) is 0 Å². The molecular weight excluding hydrogens is 237 g/mol. The van der Waals surface area contributed by atoms with Crippen LogP contribution < -0.4 is 11.0 Å². The Morgan fingerprint density at radius 1 is 0.833 bits per heavy atom. The highest BCUT2D eigenvalue weighted by molar-refractivity contribution is 7.49. The second kappa shape index (κ2) is 5.12. The second-order valence-corrected chi connectivity index (χ2v) is 7.80.